The largest absolute Gasteiger partial charge is 0.507 e. The summed E-state index contributed by atoms with van der Waals surface area (Å²) < 4.78 is 0. The molecule has 5 heteroatoms. The van der Waals surface area contributed by atoms with Gasteiger partial charge >= 0.3 is 0 Å². The predicted molar refractivity (Wildman–Crippen MR) is 83.2 cm³/mol. The summed E-state index contributed by atoms with van der Waals surface area (Å²) in [7, 11) is 0. The van der Waals surface area contributed by atoms with Gasteiger partial charge in [0.1, 0.15) is 11.4 Å². The standard InChI is InChI=1S/C17H15N3O2/c1-11-17(13-6-4-3-5-7-13)19-20(18-11)14-8-9-15(12(2)21)16(22)10-14/h3-10,22H,1-2H3. The Morgan fingerprint density at radius 2 is 1.82 bits per heavy atom. The van der Waals surface area contributed by atoms with E-state index in [1.807, 2.05) is 37.3 Å². The minimum Gasteiger partial charge on any atom is -0.507 e. The molecule has 2 aromatic carbocycles. The van der Waals surface area contributed by atoms with Gasteiger partial charge in [0, 0.05) is 11.6 Å². The summed E-state index contributed by atoms with van der Waals surface area (Å²) in [5, 5.41) is 18.8. The Balaban J connectivity index is 2.04. The molecule has 0 aliphatic rings. The molecule has 0 unspecified atom stereocenters. The highest BCUT2D eigenvalue weighted by Gasteiger charge is 2.12. The normalized spacial score (nSPS) is 10.6. The van der Waals surface area contributed by atoms with Gasteiger partial charge in [0.15, 0.2) is 5.78 Å². The highest BCUT2D eigenvalue weighted by molar-refractivity contribution is 5.96. The Hall–Kier alpha value is -2.95. The molecule has 0 spiro atoms. The summed E-state index contributed by atoms with van der Waals surface area (Å²) in [5.74, 6) is -0.250. The van der Waals surface area contributed by atoms with Crippen LogP contribution in [0.2, 0.25) is 0 Å². The van der Waals surface area contributed by atoms with Crippen LogP contribution in [0.1, 0.15) is 23.0 Å². The van der Waals surface area contributed by atoms with E-state index in [1.165, 1.54) is 17.8 Å². The van der Waals surface area contributed by atoms with Gasteiger partial charge in [0.2, 0.25) is 0 Å². The van der Waals surface area contributed by atoms with E-state index in [0.29, 0.717) is 5.69 Å². The Bertz CT molecular complexity index is 838. The second-order valence-corrected chi connectivity index (χ2v) is 5.05. The lowest BCUT2D eigenvalue weighted by Crippen LogP contribution is -2.01. The van der Waals surface area contributed by atoms with Gasteiger partial charge in [-0.1, -0.05) is 30.3 Å². The average molecular weight is 293 g/mol. The van der Waals surface area contributed by atoms with Crippen molar-refractivity contribution in [3.8, 4) is 22.7 Å². The topological polar surface area (TPSA) is 68.0 Å². The first-order chi connectivity index (χ1) is 10.6. The van der Waals surface area contributed by atoms with Crippen molar-refractivity contribution in [2.24, 2.45) is 0 Å². The number of carbonyl (C=O) groups excluding carboxylic acids is 1. The van der Waals surface area contributed by atoms with E-state index in [1.54, 1.807) is 12.1 Å². The van der Waals surface area contributed by atoms with Gasteiger partial charge in [-0.3, -0.25) is 4.79 Å². The molecule has 0 saturated heterocycles. The molecule has 1 aromatic heterocycles. The third-order valence-corrected chi connectivity index (χ3v) is 3.42. The summed E-state index contributed by atoms with van der Waals surface area (Å²) in [4.78, 5) is 12.8. The maximum atomic E-state index is 11.4. The quantitative estimate of drug-likeness (QED) is 0.753. The van der Waals surface area contributed by atoms with Crippen LogP contribution in [0.5, 0.6) is 5.75 Å². The molecular weight excluding hydrogens is 278 g/mol. The third kappa shape index (κ3) is 2.48. The Kier molecular flexibility index (Phi) is 3.47. The number of aryl methyl sites for hydroxylation is 1. The fourth-order valence-corrected chi connectivity index (χ4v) is 2.30. The zero-order valence-electron chi connectivity index (χ0n) is 12.3. The summed E-state index contributed by atoms with van der Waals surface area (Å²) in [6.45, 7) is 3.30. The van der Waals surface area contributed by atoms with E-state index in [2.05, 4.69) is 10.2 Å². The molecule has 5 nitrogen and oxygen atoms in total. The number of benzene rings is 2. The molecule has 0 bridgehead atoms. The number of phenols is 1. The van der Waals surface area contributed by atoms with E-state index in [9.17, 15) is 9.90 Å². The van der Waals surface area contributed by atoms with Crippen molar-refractivity contribution in [2.75, 3.05) is 0 Å². The third-order valence-electron chi connectivity index (χ3n) is 3.42. The van der Waals surface area contributed by atoms with Crippen molar-refractivity contribution in [1.82, 2.24) is 15.0 Å². The van der Waals surface area contributed by atoms with Gasteiger partial charge in [-0.15, -0.1) is 5.10 Å². The molecule has 0 fully saturated rings. The lowest BCUT2D eigenvalue weighted by molar-refractivity contribution is 0.101. The van der Waals surface area contributed by atoms with Crippen molar-refractivity contribution in [1.29, 1.82) is 0 Å². The number of Topliss-reactive ketones (excluding diaryl/α,β-unsaturated/α-hetero) is 1. The molecule has 1 N–H and O–H groups in total. The Morgan fingerprint density at radius 1 is 1.09 bits per heavy atom. The lowest BCUT2D eigenvalue weighted by atomic mass is 10.1. The number of hydrogen-bond acceptors (Lipinski definition) is 4. The lowest BCUT2D eigenvalue weighted by Gasteiger charge is -2.04. The van der Waals surface area contributed by atoms with Gasteiger partial charge in [0.25, 0.3) is 0 Å². The molecule has 0 aliphatic carbocycles. The molecule has 3 rings (SSSR count). The van der Waals surface area contributed by atoms with Crippen molar-refractivity contribution in [3.05, 3.63) is 59.8 Å². The van der Waals surface area contributed by atoms with Gasteiger partial charge in [-0.2, -0.15) is 9.90 Å². The van der Waals surface area contributed by atoms with Crippen LogP contribution in [0, 0.1) is 6.92 Å². The summed E-state index contributed by atoms with van der Waals surface area (Å²) in [6.07, 6.45) is 0. The number of carbonyl (C=O) groups is 1. The first-order valence-corrected chi connectivity index (χ1v) is 6.90. The number of ketones is 1. The number of phenolic OH excluding ortho intramolecular Hbond substituents is 1. The summed E-state index contributed by atoms with van der Waals surface area (Å²) in [6, 6.07) is 14.6. The first-order valence-electron chi connectivity index (χ1n) is 6.90. The second-order valence-electron chi connectivity index (χ2n) is 5.05. The molecule has 0 atom stereocenters. The second kappa shape index (κ2) is 5.44. The molecule has 0 amide bonds. The van der Waals surface area contributed by atoms with E-state index >= 15 is 0 Å². The SMILES string of the molecule is CC(=O)c1ccc(-n2nc(C)c(-c3ccccc3)n2)cc1O. The van der Waals surface area contributed by atoms with E-state index in [0.717, 1.165) is 17.0 Å². The van der Waals surface area contributed by atoms with Gasteiger partial charge in [-0.25, -0.2) is 0 Å². The van der Waals surface area contributed by atoms with Crippen LogP contribution < -0.4 is 0 Å². The molecule has 0 aliphatic heterocycles. The zero-order chi connectivity index (χ0) is 15.7. The van der Waals surface area contributed by atoms with Gasteiger partial charge < -0.3 is 5.11 Å². The van der Waals surface area contributed by atoms with Crippen LogP contribution in [0.25, 0.3) is 16.9 Å². The molecule has 3 aromatic rings. The highest BCUT2D eigenvalue weighted by Crippen LogP contribution is 2.24. The minimum absolute atomic E-state index is 0.0683. The van der Waals surface area contributed by atoms with E-state index < -0.39 is 0 Å². The molecule has 22 heavy (non-hydrogen) atoms. The number of rotatable bonds is 3. The van der Waals surface area contributed by atoms with Gasteiger partial charge in [-0.05, 0) is 26.0 Å². The van der Waals surface area contributed by atoms with Crippen LogP contribution in [0.4, 0.5) is 0 Å². The minimum atomic E-state index is -0.182. The molecular formula is C17H15N3O2. The first kappa shape index (κ1) is 14.0. The highest BCUT2D eigenvalue weighted by atomic mass is 16.3. The van der Waals surface area contributed by atoms with Crippen molar-refractivity contribution < 1.29 is 9.90 Å². The smallest absolute Gasteiger partial charge is 0.163 e. The van der Waals surface area contributed by atoms with Crippen LogP contribution in [0.3, 0.4) is 0 Å². The average Bonchev–Trinajstić information content (AvgIpc) is 2.89. The molecule has 1 heterocycles. The summed E-state index contributed by atoms with van der Waals surface area (Å²) >= 11 is 0. The van der Waals surface area contributed by atoms with Crippen molar-refractivity contribution in [3.63, 3.8) is 0 Å². The van der Waals surface area contributed by atoms with E-state index in [-0.39, 0.29) is 17.1 Å². The predicted octanol–water partition coefficient (Wildman–Crippen LogP) is 3.15. The number of nitrogens with zero attached hydrogens (tertiary/aromatic N) is 3. The molecule has 0 saturated carbocycles. The van der Waals surface area contributed by atoms with Crippen LogP contribution in [-0.4, -0.2) is 25.9 Å². The fraction of sp³-hybridized carbons (Fsp3) is 0.118. The monoisotopic (exact) mass is 293 g/mol. The number of hydrogen-bond donors (Lipinski definition) is 1. The number of aromatic nitrogens is 3. The van der Waals surface area contributed by atoms with Crippen LogP contribution >= 0.6 is 0 Å². The Morgan fingerprint density at radius 3 is 2.45 bits per heavy atom. The maximum Gasteiger partial charge on any atom is 0.163 e. The molecule has 0 radical (unpaired) electrons. The number of aromatic hydroxyl groups is 1. The van der Waals surface area contributed by atoms with Crippen LogP contribution in [-0.2, 0) is 0 Å². The van der Waals surface area contributed by atoms with Gasteiger partial charge in [0.05, 0.1) is 16.9 Å². The zero-order valence-corrected chi connectivity index (χ0v) is 12.3. The maximum absolute atomic E-state index is 11.4. The van der Waals surface area contributed by atoms with Crippen molar-refractivity contribution >= 4 is 5.78 Å². The van der Waals surface area contributed by atoms with Crippen molar-refractivity contribution in [2.45, 2.75) is 13.8 Å². The fourth-order valence-electron chi connectivity index (χ4n) is 2.30. The Labute approximate surface area is 127 Å². The summed E-state index contributed by atoms with van der Waals surface area (Å²) in [5.41, 5.74) is 3.46. The van der Waals surface area contributed by atoms with E-state index in [4.69, 9.17) is 0 Å². The van der Waals surface area contributed by atoms with Crippen LogP contribution in [0.15, 0.2) is 48.5 Å². The molecule has 110 valence electrons.